The lowest BCUT2D eigenvalue weighted by atomic mass is 10.2. The zero-order chi connectivity index (χ0) is 14.5. The second-order valence-corrected chi connectivity index (χ2v) is 4.37. The van der Waals surface area contributed by atoms with Crippen molar-refractivity contribution in [3.05, 3.63) is 57.9 Å². The van der Waals surface area contributed by atoms with Gasteiger partial charge in [0, 0.05) is 24.4 Å². The molecule has 0 amide bonds. The number of pyridine rings is 1. The van der Waals surface area contributed by atoms with Crippen LogP contribution in [0.1, 0.15) is 11.1 Å². The zero-order valence-electron chi connectivity index (χ0n) is 11.3. The Balaban J connectivity index is 2.19. The van der Waals surface area contributed by atoms with Gasteiger partial charge in [-0.3, -0.25) is 15.1 Å². The molecule has 0 spiro atoms. The lowest BCUT2D eigenvalue weighted by Crippen LogP contribution is -2.05. The molecule has 20 heavy (non-hydrogen) atoms. The van der Waals surface area contributed by atoms with Crippen molar-refractivity contribution in [3.8, 4) is 11.5 Å². The number of hydrogen-bond acceptors (Lipinski definition) is 5. The number of nitro groups is 1. The van der Waals surface area contributed by atoms with Crippen LogP contribution >= 0.6 is 0 Å². The van der Waals surface area contributed by atoms with E-state index in [0.717, 1.165) is 5.56 Å². The summed E-state index contributed by atoms with van der Waals surface area (Å²) in [5.41, 5.74) is 1.65. The van der Waals surface area contributed by atoms with Gasteiger partial charge in [-0.2, -0.15) is 0 Å². The standard InChI is InChI=1S/C14H15N3O3/c1-10-5-12(3-4-14(10)17(18)19)20-13-6-11(7-15-2)8-16-9-13/h3-6,8-9,15H,7H2,1-2H3. The number of nitrogens with zero attached hydrogens (tertiary/aromatic N) is 2. The summed E-state index contributed by atoms with van der Waals surface area (Å²) in [7, 11) is 1.85. The van der Waals surface area contributed by atoms with Crippen LogP contribution in [0.3, 0.4) is 0 Å². The highest BCUT2D eigenvalue weighted by atomic mass is 16.6. The van der Waals surface area contributed by atoms with Crippen molar-refractivity contribution in [2.24, 2.45) is 0 Å². The predicted octanol–water partition coefficient (Wildman–Crippen LogP) is 2.81. The number of ether oxygens (including phenoxy) is 1. The van der Waals surface area contributed by atoms with Crippen molar-refractivity contribution < 1.29 is 9.66 Å². The van der Waals surface area contributed by atoms with E-state index in [0.29, 0.717) is 23.6 Å². The summed E-state index contributed by atoms with van der Waals surface area (Å²) < 4.78 is 5.67. The fourth-order valence-corrected chi connectivity index (χ4v) is 1.85. The maximum absolute atomic E-state index is 10.8. The van der Waals surface area contributed by atoms with Gasteiger partial charge in [0.2, 0.25) is 0 Å². The van der Waals surface area contributed by atoms with Crippen molar-refractivity contribution >= 4 is 5.69 Å². The van der Waals surface area contributed by atoms with E-state index < -0.39 is 4.92 Å². The van der Waals surface area contributed by atoms with Crippen LogP contribution in [0.2, 0.25) is 0 Å². The van der Waals surface area contributed by atoms with E-state index in [1.165, 1.54) is 6.07 Å². The van der Waals surface area contributed by atoms with E-state index in [1.54, 1.807) is 31.5 Å². The minimum Gasteiger partial charge on any atom is -0.456 e. The topological polar surface area (TPSA) is 77.3 Å². The van der Waals surface area contributed by atoms with Gasteiger partial charge in [-0.1, -0.05) is 0 Å². The lowest BCUT2D eigenvalue weighted by Gasteiger charge is -2.08. The molecule has 2 aromatic rings. The SMILES string of the molecule is CNCc1cncc(Oc2ccc([N+](=O)[O-])c(C)c2)c1. The number of benzene rings is 1. The molecule has 2 rings (SSSR count). The summed E-state index contributed by atoms with van der Waals surface area (Å²) >= 11 is 0. The Bertz CT molecular complexity index is 629. The molecule has 0 fully saturated rings. The normalized spacial score (nSPS) is 10.3. The summed E-state index contributed by atoms with van der Waals surface area (Å²) in [6, 6.07) is 6.54. The van der Waals surface area contributed by atoms with Gasteiger partial charge in [0.1, 0.15) is 11.5 Å². The van der Waals surface area contributed by atoms with Crippen LogP contribution in [0, 0.1) is 17.0 Å². The molecule has 0 unspecified atom stereocenters. The van der Waals surface area contributed by atoms with Gasteiger partial charge in [0.25, 0.3) is 5.69 Å². The number of nitro benzene ring substituents is 1. The molecule has 6 nitrogen and oxygen atoms in total. The second kappa shape index (κ2) is 6.12. The molecule has 1 aromatic heterocycles. The molecule has 1 N–H and O–H groups in total. The van der Waals surface area contributed by atoms with Crippen LogP contribution in [0.15, 0.2) is 36.7 Å². The van der Waals surface area contributed by atoms with Crippen molar-refractivity contribution in [3.63, 3.8) is 0 Å². The van der Waals surface area contributed by atoms with Crippen molar-refractivity contribution in [2.45, 2.75) is 13.5 Å². The molecular formula is C14H15N3O3. The maximum Gasteiger partial charge on any atom is 0.272 e. The minimum atomic E-state index is -0.409. The summed E-state index contributed by atoms with van der Waals surface area (Å²) in [6.07, 6.45) is 3.36. The Hall–Kier alpha value is -2.47. The molecule has 0 aliphatic carbocycles. The largest absolute Gasteiger partial charge is 0.456 e. The van der Waals surface area contributed by atoms with Crippen molar-refractivity contribution in [2.75, 3.05) is 7.05 Å². The number of aryl methyl sites for hydroxylation is 1. The third-order valence-corrected chi connectivity index (χ3v) is 2.75. The summed E-state index contributed by atoms with van der Waals surface area (Å²) in [6.45, 7) is 2.38. The first kappa shape index (κ1) is 14.0. The summed E-state index contributed by atoms with van der Waals surface area (Å²) in [5, 5.41) is 13.8. The molecule has 6 heteroatoms. The summed E-state index contributed by atoms with van der Waals surface area (Å²) in [4.78, 5) is 14.4. The fraction of sp³-hybridized carbons (Fsp3) is 0.214. The third-order valence-electron chi connectivity index (χ3n) is 2.75. The van der Waals surface area contributed by atoms with E-state index >= 15 is 0 Å². The fourth-order valence-electron chi connectivity index (χ4n) is 1.85. The van der Waals surface area contributed by atoms with E-state index in [9.17, 15) is 10.1 Å². The van der Waals surface area contributed by atoms with Gasteiger partial charge in [-0.05, 0) is 37.7 Å². The monoisotopic (exact) mass is 273 g/mol. The van der Waals surface area contributed by atoms with Gasteiger partial charge in [-0.25, -0.2) is 0 Å². The van der Waals surface area contributed by atoms with Gasteiger partial charge in [-0.15, -0.1) is 0 Å². The maximum atomic E-state index is 10.8. The van der Waals surface area contributed by atoms with E-state index in [1.807, 2.05) is 13.1 Å². The smallest absolute Gasteiger partial charge is 0.272 e. The molecule has 1 aromatic carbocycles. The molecule has 0 atom stereocenters. The Kier molecular flexibility index (Phi) is 4.27. The Morgan fingerprint density at radius 1 is 1.30 bits per heavy atom. The number of hydrogen-bond donors (Lipinski definition) is 1. The van der Waals surface area contributed by atoms with Crippen molar-refractivity contribution in [1.82, 2.24) is 10.3 Å². The molecule has 0 aliphatic rings. The molecule has 0 aliphatic heterocycles. The first-order valence-electron chi connectivity index (χ1n) is 6.11. The first-order valence-corrected chi connectivity index (χ1v) is 6.11. The highest BCUT2D eigenvalue weighted by molar-refractivity contribution is 5.45. The predicted molar refractivity (Wildman–Crippen MR) is 74.9 cm³/mol. The van der Waals surface area contributed by atoms with Crippen LogP contribution in [0.4, 0.5) is 5.69 Å². The zero-order valence-corrected chi connectivity index (χ0v) is 11.3. The quantitative estimate of drug-likeness (QED) is 0.669. The van der Waals surface area contributed by atoms with Gasteiger partial charge >= 0.3 is 0 Å². The number of nitrogens with one attached hydrogen (secondary N) is 1. The highest BCUT2D eigenvalue weighted by Gasteiger charge is 2.11. The van der Waals surface area contributed by atoms with Crippen LogP contribution < -0.4 is 10.1 Å². The molecule has 0 saturated carbocycles. The van der Waals surface area contributed by atoms with Crippen molar-refractivity contribution in [1.29, 1.82) is 0 Å². The van der Waals surface area contributed by atoms with Crippen LogP contribution in [-0.4, -0.2) is 17.0 Å². The van der Waals surface area contributed by atoms with Crippen LogP contribution in [-0.2, 0) is 6.54 Å². The average molecular weight is 273 g/mol. The molecule has 1 heterocycles. The highest BCUT2D eigenvalue weighted by Crippen LogP contribution is 2.27. The number of aromatic nitrogens is 1. The third kappa shape index (κ3) is 3.30. The second-order valence-electron chi connectivity index (χ2n) is 4.37. The van der Waals surface area contributed by atoms with Gasteiger partial charge in [0.15, 0.2) is 0 Å². The van der Waals surface area contributed by atoms with Gasteiger partial charge in [0.05, 0.1) is 11.1 Å². The number of rotatable bonds is 5. The van der Waals surface area contributed by atoms with Crippen LogP contribution in [0.5, 0.6) is 11.5 Å². The van der Waals surface area contributed by atoms with E-state index in [2.05, 4.69) is 10.3 Å². The molecular weight excluding hydrogens is 258 g/mol. The molecule has 104 valence electrons. The van der Waals surface area contributed by atoms with Crippen LogP contribution in [0.25, 0.3) is 0 Å². The lowest BCUT2D eigenvalue weighted by molar-refractivity contribution is -0.385. The summed E-state index contributed by atoms with van der Waals surface area (Å²) in [5.74, 6) is 1.16. The van der Waals surface area contributed by atoms with Gasteiger partial charge < -0.3 is 10.1 Å². The van der Waals surface area contributed by atoms with E-state index in [4.69, 9.17) is 4.74 Å². The Morgan fingerprint density at radius 3 is 2.75 bits per heavy atom. The molecule has 0 radical (unpaired) electrons. The Morgan fingerprint density at radius 2 is 2.10 bits per heavy atom. The Labute approximate surface area is 116 Å². The molecule has 0 saturated heterocycles. The minimum absolute atomic E-state index is 0.0828. The van der Waals surface area contributed by atoms with E-state index in [-0.39, 0.29) is 5.69 Å². The first-order chi connectivity index (χ1) is 9.60. The molecule has 0 bridgehead atoms. The average Bonchev–Trinajstić information content (AvgIpc) is 2.39.